The molecule has 0 aliphatic heterocycles. The molecule has 6 aromatic rings. The molecule has 5 aromatic carbocycles. The van der Waals surface area contributed by atoms with E-state index in [0.29, 0.717) is 28.3 Å². The van der Waals surface area contributed by atoms with Gasteiger partial charge in [0, 0.05) is 50.2 Å². The topological polar surface area (TPSA) is 111 Å². The number of aryl methyl sites for hydroxylation is 1. The average Bonchev–Trinajstić information content (AvgIpc) is 3.47. The quantitative estimate of drug-likeness (QED) is 0.0891. The van der Waals surface area contributed by atoms with E-state index in [1.54, 1.807) is 73.8 Å². The third-order valence-corrected chi connectivity index (χ3v) is 9.08. The molecule has 0 saturated carbocycles. The fourth-order valence-electron chi connectivity index (χ4n) is 5.73. The number of ether oxygens (including phenoxy) is 2. The Kier molecular flexibility index (Phi) is 10.5. The SMILES string of the molecule is CCn1c2ccccc2c2cc(NC(=O)CSc3cccc(NC(=O)/C(=C\c4ccc(OC)c(OC)c4)NC(=O)c4ccccc4)c3)ccc21. The van der Waals surface area contributed by atoms with Crippen molar-refractivity contribution >= 4 is 68.7 Å². The third kappa shape index (κ3) is 7.66. The first-order valence-electron chi connectivity index (χ1n) is 16.0. The van der Waals surface area contributed by atoms with E-state index in [4.69, 9.17) is 9.47 Å². The Hall–Kier alpha value is -6.00. The number of methoxy groups -OCH3 is 2. The van der Waals surface area contributed by atoms with Crippen molar-refractivity contribution in [2.75, 3.05) is 30.6 Å². The highest BCUT2D eigenvalue weighted by Crippen LogP contribution is 2.32. The number of thioether (sulfide) groups is 1. The molecule has 0 aliphatic rings. The number of rotatable bonds is 12. The van der Waals surface area contributed by atoms with E-state index in [1.807, 2.05) is 42.5 Å². The number of carbonyl (C=O) groups excluding carboxylic acids is 3. The van der Waals surface area contributed by atoms with Crippen LogP contribution in [-0.4, -0.2) is 42.3 Å². The molecule has 6 rings (SSSR count). The zero-order valence-corrected chi connectivity index (χ0v) is 28.7. The molecular weight excluding hydrogens is 649 g/mol. The number of fused-ring (bicyclic) bond motifs is 3. The molecule has 10 heteroatoms. The van der Waals surface area contributed by atoms with Crippen LogP contribution in [-0.2, 0) is 16.1 Å². The van der Waals surface area contributed by atoms with Gasteiger partial charge in [0.15, 0.2) is 11.5 Å². The number of anilines is 2. The molecule has 1 aromatic heterocycles. The zero-order valence-electron chi connectivity index (χ0n) is 27.9. The molecule has 0 spiro atoms. The summed E-state index contributed by atoms with van der Waals surface area (Å²) in [6.07, 6.45) is 1.57. The molecule has 3 amide bonds. The highest BCUT2D eigenvalue weighted by atomic mass is 32.2. The molecule has 252 valence electrons. The van der Waals surface area contributed by atoms with Gasteiger partial charge in [-0.1, -0.05) is 48.5 Å². The van der Waals surface area contributed by atoms with Gasteiger partial charge in [0.25, 0.3) is 11.8 Å². The number of nitrogens with one attached hydrogen (secondary N) is 3. The van der Waals surface area contributed by atoms with Gasteiger partial charge in [-0.3, -0.25) is 14.4 Å². The number of aromatic nitrogens is 1. The van der Waals surface area contributed by atoms with Crippen LogP contribution in [0, 0.1) is 0 Å². The maximum absolute atomic E-state index is 13.6. The molecular formula is C40H36N4O5S. The molecule has 9 nitrogen and oxygen atoms in total. The standard InChI is InChI=1S/C40H36N4O5S/c1-4-44-34-16-9-8-15-31(34)32-24-29(18-19-35(32)44)41-38(45)25-50-30-14-10-13-28(23-30)42-40(47)33(43-39(46)27-11-6-5-7-12-27)21-26-17-20-36(48-2)37(22-26)49-3/h5-24H,4,25H2,1-3H3,(H,41,45)(H,42,47)(H,43,46)/b33-21+. The fourth-order valence-corrected chi connectivity index (χ4v) is 6.49. The van der Waals surface area contributed by atoms with Gasteiger partial charge in [0.2, 0.25) is 5.91 Å². The second-order valence-electron chi connectivity index (χ2n) is 11.3. The Bertz CT molecular complexity index is 2230. The average molecular weight is 685 g/mol. The van der Waals surface area contributed by atoms with Gasteiger partial charge < -0.3 is 30.0 Å². The van der Waals surface area contributed by atoms with Crippen LogP contribution in [0.25, 0.3) is 27.9 Å². The number of carbonyl (C=O) groups is 3. The smallest absolute Gasteiger partial charge is 0.272 e. The summed E-state index contributed by atoms with van der Waals surface area (Å²) >= 11 is 1.35. The number of amides is 3. The van der Waals surface area contributed by atoms with Gasteiger partial charge in [0.1, 0.15) is 5.70 Å². The molecule has 0 unspecified atom stereocenters. The maximum Gasteiger partial charge on any atom is 0.272 e. The van der Waals surface area contributed by atoms with Gasteiger partial charge in [-0.2, -0.15) is 0 Å². The molecule has 0 aliphatic carbocycles. The lowest BCUT2D eigenvalue weighted by atomic mass is 10.1. The lowest BCUT2D eigenvalue weighted by molar-refractivity contribution is -0.114. The van der Waals surface area contributed by atoms with Crippen LogP contribution in [0.1, 0.15) is 22.8 Å². The van der Waals surface area contributed by atoms with Crippen LogP contribution in [0.15, 0.2) is 126 Å². The predicted molar refractivity (Wildman–Crippen MR) is 201 cm³/mol. The monoisotopic (exact) mass is 684 g/mol. The lowest BCUT2D eigenvalue weighted by Crippen LogP contribution is -2.30. The van der Waals surface area contributed by atoms with E-state index in [-0.39, 0.29) is 17.4 Å². The van der Waals surface area contributed by atoms with Crippen molar-refractivity contribution in [2.24, 2.45) is 0 Å². The minimum absolute atomic E-state index is 0.0301. The normalized spacial score (nSPS) is 11.3. The summed E-state index contributed by atoms with van der Waals surface area (Å²) in [5.74, 6) is 0.0831. The van der Waals surface area contributed by atoms with Crippen molar-refractivity contribution in [1.29, 1.82) is 0 Å². The van der Waals surface area contributed by atoms with Crippen LogP contribution in [0.2, 0.25) is 0 Å². The molecule has 0 bridgehead atoms. The number of nitrogens with zero attached hydrogens (tertiary/aromatic N) is 1. The minimum atomic E-state index is -0.524. The number of hydrogen-bond donors (Lipinski definition) is 3. The van der Waals surface area contributed by atoms with Gasteiger partial charge in [-0.05, 0) is 85.3 Å². The summed E-state index contributed by atoms with van der Waals surface area (Å²) in [5, 5.41) is 10.9. The summed E-state index contributed by atoms with van der Waals surface area (Å²) in [6, 6.07) is 35.3. The van der Waals surface area contributed by atoms with Crippen molar-refractivity contribution in [3.05, 3.63) is 132 Å². The fraction of sp³-hybridized carbons (Fsp3) is 0.125. The molecule has 1 heterocycles. The lowest BCUT2D eigenvalue weighted by Gasteiger charge is -2.13. The Morgan fingerprint density at radius 2 is 1.46 bits per heavy atom. The zero-order chi connectivity index (χ0) is 35.0. The summed E-state index contributed by atoms with van der Waals surface area (Å²) in [5.41, 5.74) is 4.58. The van der Waals surface area contributed by atoms with Crippen LogP contribution >= 0.6 is 11.8 Å². The number of benzene rings is 5. The highest BCUT2D eigenvalue weighted by Gasteiger charge is 2.17. The number of para-hydroxylation sites is 1. The first kappa shape index (κ1) is 33.9. The molecule has 0 radical (unpaired) electrons. The van der Waals surface area contributed by atoms with E-state index in [0.717, 1.165) is 38.9 Å². The molecule has 0 fully saturated rings. The first-order chi connectivity index (χ1) is 24.4. The summed E-state index contributed by atoms with van der Waals surface area (Å²) in [7, 11) is 3.06. The van der Waals surface area contributed by atoms with Crippen LogP contribution in [0.4, 0.5) is 11.4 Å². The van der Waals surface area contributed by atoms with E-state index >= 15 is 0 Å². The van der Waals surface area contributed by atoms with Gasteiger partial charge in [-0.15, -0.1) is 11.8 Å². The second kappa shape index (κ2) is 15.5. The second-order valence-corrected chi connectivity index (χ2v) is 12.4. The number of hydrogen-bond acceptors (Lipinski definition) is 6. The predicted octanol–water partition coefficient (Wildman–Crippen LogP) is 7.97. The third-order valence-electron chi connectivity index (χ3n) is 8.08. The van der Waals surface area contributed by atoms with E-state index in [2.05, 4.69) is 39.6 Å². The van der Waals surface area contributed by atoms with Crippen molar-refractivity contribution in [2.45, 2.75) is 18.4 Å². The summed E-state index contributed by atoms with van der Waals surface area (Å²) in [4.78, 5) is 40.5. The molecule has 0 saturated heterocycles. The summed E-state index contributed by atoms with van der Waals surface area (Å²) < 4.78 is 13.0. The largest absolute Gasteiger partial charge is 0.493 e. The van der Waals surface area contributed by atoms with Crippen molar-refractivity contribution in [3.8, 4) is 11.5 Å². The Morgan fingerprint density at radius 1 is 0.720 bits per heavy atom. The van der Waals surface area contributed by atoms with Gasteiger partial charge >= 0.3 is 0 Å². The molecule has 3 N–H and O–H groups in total. The minimum Gasteiger partial charge on any atom is -0.493 e. The van der Waals surface area contributed by atoms with Crippen LogP contribution < -0.4 is 25.4 Å². The van der Waals surface area contributed by atoms with Crippen LogP contribution in [0.5, 0.6) is 11.5 Å². The van der Waals surface area contributed by atoms with E-state index < -0.39 is 11.8 Å². The van der Waals surface area contributed by atoms with Crippen molar-refractivity contribution in [3.63, 3.8) is 0 Å². The van der Waals surface area contributed by atoms with Crippen molar-refractivity contribution < 1.29 is 23.9 Å². The maximum atomic E-state index is 13.6. The molecule has 50 heavy (non-hydrogen) atoms. The highest BCUT2D eigenvalue weighted by molar-refractivity contribution is 8.00. The van der Waals surface area contributed by atoms with Crippen molar-refractivity contribution in [1.82, 2.24) is 9.88 Å². The van der Waals surface area contributed by atoms with Gasteiger partial charge in [-0.25, -0.2) is 0 Å². The van der Waals surface area contributed by atoms with Gasteiger partial charge in [0.05, 0.1) is 20.0 Å². The van der Waals surface area contributed by atoms with Crippen LogP contribution in [0.3, 0.4) is 0 Å². The Morgan fingerprint density at radius 3 is 2.24 bits per heavy atom. The summed E-state index contributed by atoms with van der Waals surface area (Å²) in [6.45, 7) is 2.97. The Labute approximate surface area is 294 Å². The molecule has 0 atom stereocenters. The Balaban J connectivity index is 1.15. The van der Waals surface area contributed by atoms with E-state index in [1.165, 1.54) is 18.9 Å². The first-order valence-corrected chi connectivity index (χ1v) is 17.0. The van der Waals surface area contributed by atoms with E-state index in [9.17, 15) is 14.4 Å².